The fraction of sp³-hybridized carbons (Fsp3) is 0.611. The Labute approximate surface area is 128 Å². The van der Waals surface area contributed by atoms with Crippen LogP contribution in [0.25, 0.3) is 0 Å². The van der Waals surface area contributed by atoms with Crippen molar-refractivity contribution >= 4 is 11.7 Å². The first-order chi connectivity index (χ1) is 9.92. The van der Waals surface area contributed by atoms with Crippen molar-refractivity contribution in [3.63, 3.8) is 0 Å². The standard InChI is InChI=1S/C18H28N2O/c1-18(2,3)13-14-9-11-16(12-10-14)20-17(21)19-15-7-5-4-6-8-15/h4-8,14,16H,9-13H2,1-3H3,(H2,19,20,21)/t14-,16+. The van der Waals surface area contributed by atoms with Crippen LogP contribution in [0.5, 0.6) is 0 Å². The van der Waals surface area contributed by atoms with Gasteiger partial charge in [-0.25, -0.2) is 4.79 Å². The van der Waals surface area contributed by atoms with Gasteiger partial charge >= 0.3 is 6.03 Å². The molecule has 2 rings (SSSR count). The highest BCUT2D eigenvalue weighted by Crippen LogP contribution is 2.34. The van der Waals surface area contributed by atoms with E-state index in [9.17, 15) is 4.79 Å². The molecule has 3 nitrogen and oxygen atoms in total. The molecule has 0 bridgehead atoms. The maximum atomic E-state index is 12.0. The van der Waals surface area contributed by atoms with Crippen LogP contribution < -0.4 is 10.6 Å². The second kappa shape index (κ2) is 6.97. The van der Waals surface area contributed by atoms with Crippen molar-refractivity contribution in [3.05, 3.63) is 30.3 Å². The van der Waals surface area contributed by atoms with Gasteiger partial charge in [0.15, 0.2) is 0 Å². The average Bonchev–Trinajstić information content (AvgIpc) is 2.40. The average molecular weight is 288 g/mol. The van der Waals surface area contributed by atoms with Crippen molar-refractivity contribution in [1.29, 1.82) is 0 Å². The second-order valence-electron chi connectivity index (χ2n) is 7.45. The summed E-state index contributed by atoms with van der Waals surface area (Å²) in [6.45, 7) is 6.93. The lowest BCUT2D eigenvalue weighted by atomic mass is 9.76. The summed E-state index contributed by atoms with van der Waals surface area (Å²) in [7, 11) is 0. The lowest BCUT2D eigenvalue weighted by molar-refractivity contribution is 0.210. The minimum atomic E-state index is -0.0829. The molecule has 2 amide bonds. The smallest absolute Gasteiger partial charge is 0.319 e. The van der Waals surface area contributed by atoms with E-state index in [1.807, 2.05) is 30.3 Å². The van der Waals surface area contributed by atoms with E-state index in [0.717, 1.165) is 24.4 Å². The van der Waals surface area contributed by atoms with Crippen LogP contribution in [0.2, 0.25) is 0 Å². The Kier molecular flexibility index (Phi) is 5.27. The maximum absolute atomic E-state index is 12.0. The van der Waals surface area contributed by atoms with Crippen LogP contribution >= 0.6 is 0 Å². The molecule has 1 aromatic carbocycles. The number of para-hydroxylation sites is 1. The zero-order chi connectivity index (χ0) is 15.3. The molecular formula is C18H28N2O. The first-order valence-corrected chi connectivity index (χ1v) is 8.05. The summed E-state index contributed by atoms with van der Waals surface area (Å²) in [4.78, 5) is 12.0. The molecule has 0 spiro atoms. The molecule has 1 aliphatic rings. The van der Waals surface area contributed by atoms with Crippen LogP contribution in [0.4, 0.5) is 10.5 Å². The molecule has 0 unspecified atom stereocenters. The highest BCUT2D eigenvalue weighted by atomic mass is 16.2. The minimum Gasteiger partial charge on any atom is -0.335 e. The lowest BCUT2D eigenvalue weighted by Crippen LogP contribution is -2.40. The fourth-order valence-corrected chi connectivity index (χ4v) is 3.25. The maximum Gasteiger partial charge on any atom is 0.319 e. The Hall–Kier alpha value is -1.51. The number of hydrogen-bond donors (Lipinski definition) is 2. The number of urea groups is 1. The summed E-state index contributed by atoms with van der Waals surface area (Å²) in [6, 6.07) is 9.84. The summed E-state index contributed by atoms with van der Waals surface area (Å²) >= 11 is 0. The predicted molar refractivity (Wildman–Crippen MR) is 88.4 cm³/mol. The number of amides is 2. The molecule has 1 saturated carbocycles. The van der Waals surface area contributed by atoms with E-state index >= 15 is 0 Å². The molecule has 0 heterocycles. The van der Waals surface area contributed by atoms with Gasteiger partial charge in [-0.3, -0.25) is 0 Å². The Morgan fingerprint density at radius 3 is 2.29 bits per heavy atom. The van der Waals surface area contributed by atoms with Gasteiger partial charge in [0.05, 0.1) is 0 Å². The van der Waals surface area contributed by atoms with Gasteiger partial charge in [-0.05, 0) is 55.6 Å². The minimum absolute atomic E-state index is 0.0829. The number of anilines is 1. The van der Waals surface area contributed by atoms with Crippen molar-refractivity contribution in [1.82, 2.24) is 5.32 Å². The molecule has 1 aliphatic carbocycles. The van der Waals surface area contributed by atoms with Crippen LogP contribution in [0.1, 0.15) is 52.9 Å². The van der Waals surface area contributed by atoms with Crippen LogP contribution in [0.15, 0.2) is 30.3 Å². The van der Waals surface area contributed by atoms with Gasteiger partial charge in [-0.15, -0.1) is 0 Å². The van der Waals surface area contributed by atoms with Gasteiger partial charge in [-0.1, -0.05) is 39.0 Å². The summed E-state index contributed by atoms with van der Waals surface area (Å²) < 4.78 is 0. The molecule has 21 heavy (non-hydrogen) atoms. The quantitative estimate of drug-likeness (QED) is 0.824. The van der Waals surface area contributed by atoms with E-state index in [2.05, 4.69) is 31.4 Å². The van der Waals surface area contributed by atoms with Crippen molar-refractivity contribution in [3.8, 4) is 0 Å². The fourth-order valence-electron chi connectivity index (χ4n) is 3.25. The first-order valence-electron chi connectivity index (χ1n) is 8.05. The van der Waals surface area contributed by atoms with Gasteiger partial charge < -0.3 is 10.6 Å². The molecule has 0 aromatic heterocycles. The highest BCUT2D eigenvalue weighted by molar-refractivity contribution is 5.89. The van der Waals surface area contributed by atoms with E-state index in [4.69, 9.17) is 0 Å². The molecule has 0 atom stereocenters. The largest absolute Gasteiger partial charge is 0.335 e. The van der Waals surface area contributed by atoms with E-state index in [1.165, 1.54) is 19.3 Å². The van der Waals surface area contributed by atoms with Crippen LogP contribution in [0, 0.1) is 11.3 Å². The summed E-state index contributed by atoms with van der Waals surface area (Å²) in [5, 5.41) is 5.99. The van der Waals surface area contributed by atoms with E-state index in [-0.39, 0.29) is 6.03 Å². The Balaban J connectivity index is 1.72. The molecule has 116 valence electrons. The summed E-state index contributed by atoms with van der Waals surface area (Å²) in [5.74, 6) is 0.820. The van der Waals surface area contributed by atoms with Crippen LogP contribution in [-0.4, -0.2) is 12.1 Å². The molecule has 3 heteroatoms. The number of benzene rings is 1. The monoisotopic (exact) mass is 288 g/mol. The third kappa shape index (κ3) is 5.78. The number of hydrogen-bond acceptors (Lipinski definition) is 1. The Morgan fingerprint density at radius 2 is 1.71 bits per heavy atom. The number of carbonyl (C=O) groups is 1. The Morgan fingerprint density at radius 1 is 1.10 bits per heavy atom. The van der Waals surface area contributed by atoms with Crippen molar-refractivity contribution in [2.75, 3.05) is 5.32 Å². The van der Waals surface area contributed by atoms with Gasteiger partial charge in [-0.2, -0.15) is 0 Å². The van der Waals surface area contributed by atoms with E-state index in [0.29, 0.717) is 11.5 Å². The zero-order valence-electron chi connectivity index (χ0n) is 13.5. The molecule has 1 fully saturated rings. The topological polar surface area (TPSA) is 41.1 Å². The van der Waals surface area contributed by atoms with Crippen molar-refractivity contribution in [2.45, 2.75) is 58.9 Å². The Bertz CT molecular complexity index is 442. The van der Waals surface area contributed by atoms with Gasteiger partial charge in [0.2, 0.25) is 0 Å². The molecule has 0 aliphatic heterocycles. The van der Waals surface area contributed by atoms with Crippen LogP contribution in [0.3, 0.4) is 0 Å². The van der Waals surface area contributed by atoms with Gasteiger partial charge in [0.25, 0.3) is 0 Å². The SMILES string of the molecule is CC(C)(C)C[C@H]1CC[C@@H](NC(=O)Nc2ccccc2)CC1. The number of nitrogens with one attached hydrogen (secondary N) is 2. The summed E-state index contributed by atoms with van der Waals surface area (Å²) in [5.41, 5.74) is 1.26. The summed E-state index contributed by atoms with van der Waals surface area (Å²) in [6.07, 6.45) is 5.95. The van der Waals surface area contributed by atoms with Crippen molar-refractivity contribution in [2.24, 2.45) is 11.3 Å². The van der Waals surface area contributed by atoms with E-state index < -0.39 is 0 Å². The normalized spacial score (nSPS) is 22.6. The third-order valence-corrected chi connectivity index (χ3v) is 4.11. The molecule has 2 N–H and O–H groups in total. The first kappa shape index (κ1) is 15.9. The third-order valence-electron chi connectivity index (χ3n) is 4.11. The predicted octanol–water partition coefficient (Wildman–Crippen LogP) is 4.80. The zero-order valence-corrected chi connectivity index (χ0v) is 13.5. The lowest BCUT2D eigenvalue weighted by Gasteiger charge is -2.33. The molecular weight excluding hydrogens is 260 g/mol. The number of rotatable bonds is 3. The van der Waals surface area contributed by atoms with E-state index in [1.54, 1.807) is 0 Å². The molecule has 0 saturated heterocycles. The second-order valence-corrected chi connectivity index (χ2v) is 7.45. The van der Waals surface area contributed by atoms with Crippen molar-refractivity contribution < 1.29 is 4.79 Å². The van der Waals surface area contributed by atoms with Gasteiger partial charge in [0, 0.05) is 11.7 Å². The number of carbonyl (C=O) groups excluding carboxylic acids is 1. The van der Waals surface area contributed by atoms with Crippen LogP contribution in [-0.2, 0) is 0 Å². The highest BCUT2D eigenvalue weighted by Gasteiger charge is 2.25. The van der Waals surface area contributed by atoms with Gasteiger partial charge in [0.1, 0.15) is 0 Å². The molecule has 1 aromatic rings. The molecule has 0 radical (unpaired) electrons.